The minimum Gasteiger partial charge on any atom is -0.317 e. The van der Waals surface area contributed by atoms with Crippen molar-refractivity contribution in [2.75, 3.05) is 0 Å². The number of aromatic nitrogens is 2. The minimum absolute atomic E-state index is 0.657. The van der Waals surface area contributed by atoms with Crippen molar-refractivity contribution in [3.05, 3.63) is 48.5 Å². The van der Waals surface area contributed by atoms with E-state index in [0.717, 1.165) is 6.42 Å². The maximum atomic E-state index is 4.23. The fraction of sp³-hybridized carbons (Fsp3) is 0.267. The first-order valence-corrected chi connectivity index (χ1v) is 6.09. The van der Waals surface area contributed by atoms with Crippen LogP contribution in [0.2, 0.25) is 0 Å². The molecule has 2 aromatic heterocycles. The van der Waals surface area contributed by atoms with E-state index >= 15 is 0 Å². The van der Waals surface area contributed by atoms with Gasteiger partial charge in [-0.15, -0.1) is 0 Å². The van der Waals surface area contributed by atoms with E-state index in [1.807, 2.05) is 12.4 Å². The molecular formula is C15H16N2. The van der Waals surface area contributed by atoms with Crippen LogP contribution < -0.4 is 0 Å². The van der Waals surface area contributed by atoms with Gasteiger partial charge < -0.3 is 4.40 Å². The number of hydrogen-bond donors (Lipinski definition) is 0. The number of hydrogen-bond acceptors (Lipinski definition) is 1. The molecule has 3 rings (SSSR count). The van der Waals surface area contributed by atoms with Crippen LogP contribution in [0.3, 0.4) is 0 Å². The summed E-state index contributed by atoms with van der Waals surface area (Å²) in [6, 6.07) is 8.59. The summed E-state index contributed by atoms with van der Waals surface area (Å²) < 4.78 is 2.28. The Morgan fingerprint density at radius 3 is 2.71 bits per heavy atom. The number of benzene rings is 1. The molecule has 0 amide bonds. The summed E-state index contributed by atoms with van der Waals surface area (Å²) in [5, 5.41) is 2.66. The van der Waals surface area contributed by atoms with Crippen LogP contribution in [0, 0.1) is 5.92 Å². The lowest BCUT2D eigenvalue weighted by atomic mass is 10.0. The van der Waals surface area contributed by atoms with Gasteiger partial charge in [-0.25, -0.2) is 0 Å². The Morgan fingerprint density at radius 2 is 1.94 bits per heavy atom. The molecule has 2 heterocycles. The Bertz CT molecular complexity index is 612. The monoisotopic (exact) mass is 224 g/mol. The summed E-state index contributed by atoms with van der Waals surface area (Å²) in [6.45, 7) is 4.52. The fourth-order valence-electron chi connectivity index (χ4n) is 2.48. The van der Waals surface area contributed by atoms with Gasteiger partial charge in [0.2, 0.25) is 0 Å². The van der Waals surface area contributed by atoms with Crippen molar-refractivity contribution >= 4 is 16.3 Å². The first kappa shape index (κ1) is 10.3. The van der Waals surface area contributed by atoms with Crippen molar-refractivity contribution in [1.29, 1.82) is 0 Å². The second-order valence-electron chi connectivity index (χ2n) is 4.92. The molecule has 17 heavy (non-hydrogen) atoms. The fourth-order valence-corrected chi connectivity index (χ4v) is 2.48. The summed E-state index contributed by atoms with van der Waals surface area (Å²) in [5.74, 6) is 0.657. The van der Waals surface area contributed by atoms with Gasteiger partial charge in [0.25, 0.3) is 0 Å². The predicted molar refractivity (Wildman–Crippen MR) is 71.2 cm³/mol. The van der Waals surface area contributed by atoms with Crippen LogP contribution >= 0.6 is 0 Å². The Kier molecular flexibility index (Phi) is 2.36. The molecule has 0 aliphatic carbocycles. The van der Waals surface area contributed by atoms with Gasteiger partial charge in [0.15, 0.2) is 0 Å². The van der Waals surface area contributed by atoms with Crippen molar-refractivity contribution in [3.63, 3.8) is 0 Å². The Hall–Kier alpha value is -1.83. The standard InChI is InChI=1S/C15H16N2/c1-11(2)9-14-12-5-3-4-6-13(12)15-10-16-7-8-17(14)15/h3-8,10-11H,9H2,1-2H3. The number of fused-ring (bicyclic) bond motifs is 3. The van der Waals surface area contributed by atoms with Crippen LogP contribution in [0.15, 0.2) is 42.9 Å². The minimum atomic E-state index is 0.657. The van der Waals surface area contributed by atoms with Crippen LogP contribution in [0.25, 0.3) is 16.3 Å². The molecule has 0 atom stereocenters. The molecule has 0 saturated carbocycles. The first-order chi connectivity index (χ1) is 8.27. The van der Waals surface area contributed by atoms with Crippen molar-refractivity contribution in [3.8, 4) is 0 Å². The molecule has 3 aromatic rings. The molecule has 0 fully saturated rings. The van der Waals surface area contributed by atoms with Gasteiger partial charge >= 0.3 is 0 Å². The van der Waals surface area contributed by atoms with Gasteiger partial charge in [0.1, 0.15) is 0 Å². The average molecular weight is 224 g/mol. The summed E-state index contributed by atoms with van der Waals surface area (Å²) in [4.78, 5) is 4.23. The van der Waals surface area contributed by atoms with E-state index in [0.29, 0.717) is 5.92 Å². The van der Waals surface area contributed by atoms with Crippen molar-refractivity contribution in [2.45, 2.75) is 20.3 Å². The zero-order valence-corrected chi connectivity index (χ0v) is 10.2. The third-order valence-electron chi connectivity index (χ3n) is 3.16. The Labute approximate surface area is 101 Å². The van der Waals surface area contributed by atoms with Crippen LogP contribution in [0.1, 0.15) is 19.5 Å². The molecular weight excluding hydrogens is 208 g/mol. The summed E-state index contributed by atoms with van der Waals surface area (Å²) >= 11 is 0. The SMILES string of the molecule is CC(C)Cc1c2ccccc2c2cnccn12. The Balaban J connectivity index is 2.41. The van der Waals surface area contributed by atoms with Crippen LogP contribution in [0.5, 0.6) is 0 Å². The molecule has 86 valence electrons. The highest BCUT2D eigenvalue weighted by molar-refractivity contribution is 5.99. The van der Waals surface area contributed by atoms with E-state index in [1.165, 1.54) is 22.0 Å². The highest BCUT2D eigenvalue weighted by Crippen LogP contribution is 2.27. The molecule has 2 nitrogen and oxygen atoms in total. The second-order valence-corrected chi connectivity index (χ2v) is 4.92. The van der Waals surface area contributed by atoms with Crippen LogP contribution in [-0.4, -0.2) is 9.38 Å². The van der Waals surface area contributed by atoms with E-state index in [1.54, 1.807) is 0 Å². The molecule has 0 spiro atoms. The van der Waals surface area contributed by atoms with Gasteiger partial charge in [-0.2, -0.15) is 0 Å². The third-order valence-corrected chi connectivity index (χ3v) is 3.16. The molecule has 1 aromatic carbocycles. The predicted octanol–water partition coefficient (Wildman–Crippen LogP) is 3.69. The van der Waals surface area contributed by atoms with E-state index in [-0.39, 0.29) is 0 Å². The first-order valence-electron chi connectivity index (χ1n) is 6.09. The van der Waals surface area contributed by atoms with Gasteiger partial charge in [-0.05, 0) is 12.3 Å². The van der Waals surface area contributed by atoms with E-state index in [9.17, 15) is 0 Å². The topological polar surface area (TPSA) is 17.3 Å². The smallest absolute Gasteiger partial charge is 0.0716 e. The third kappa shape index (κ3) is 1.60. The van der Waals surface area contributed by atoms with E-state index in [4.69, 9.17) is 0 Å². The molecule has 0 aliphatic heterocycles. The maximum absolute atomic E-state index is 4.23. The zero-order chi connectivity index (χ0) is 11.8. The van der Waals surface area contributed by atoms with Crippen LogP contribution in [0.4, 0.5) is 0 Å². The number of rotatable bonds is 2. The molecule has 0 aliphatic rings. The van der Waals surface area contributed by atoms with Gasteiger partial charge in [-0.1, -0.05) is 38.1 Å². The summed E-state index contributed by atoms with van der Waals surface area (Å²) in [7, 11) is 0. The molecule has 0 bridgehead atoms. The highest BCUT2D eigenvalue weighted by Gasteiger charge is 2.11. The van der Waals surface area contributed by atoms with E-state index < -0.39 is 0 Å². The molecule has 2 heteroatoms. The van der Waals surface area contributed by atoms with E-state index in [2.05, 4.69) is 53.7 Å². The lowest BCUT2D eigenvalue weighted by Crippen LogP contribution is -1.99. The lowest BCUT2D eigenvalue weighted by Gasteiger charge is -2.05. The average Bonchev–Trinajstić information content (AvgIpc) is 2.65. The van der Waals surface area contributed by atoms with Crippen LogP contribution in [-0.2, 0) is 6.42 Å². The quantitative estimate of drug-likeness (QED) is 0.649. The summed E-state index contributed by atoms with van der Waals surface area (Å²) in [5.41, 5.74) is 2.60. The normalized spacial score (nSPS) is 11.7. The zero-order valence-electron chi connectivity index (χ0n) is 10.2. The second kappa shape index (κ2) is 3.88. The molecule has 0 saturated heterocycles. The molecule has 0 radical (unpaired) electrons. The summed E-state index contributed by atoms with van der Waals surface area (Å²) in [6.07, 6.45) is 6.97. The maximum Gasteiger partial charge on any atom is 0.0716 e. The van der Waals surface area contributed by atoms with Gasteiger partial charge in [-0.3, -0.25) is 4.98 Å². The van der Waals surface area contributed by atoms with Gasteiger partial charge in [0.05, 0.1) is 11.7 Å². The largest absolute Gasteiger partial charge is 0.317 e. The molecule has 0 N–H and O–H groups in total. The van der Waals surface area contributed by atoms with Crippen molar-refractivity contribution in [1.82, 2.24) is 9.38 Å². The Morgan fingerprint density at radius 1 is 1.18 bits per heavy atom. The van der Waals surface area contributed by atoms with Crippen molar-refractivity contribution < 1.29 is 0 Å². The highest BCUT2D eigenvalue weighted by atomic mass is 14.9. The van der Waals surface area contributed by atoms with Gasteiger partial charge in [0, 0.05) is 28.9 Å². The number of nitrogens with zero attached hydrogens (tertiary/aromatic N) is 2. The van der Waals surface area contributed by atoms with Crippen molar-refractivity contribution in [2.24, 2.45) is 5.92 Å². The molecule has 0 unspecified atom stereocenters. The lowest BCUT2D eigenvalue weighted by molar-refractivity contribution is 0.635.